The molecule has 1 aliphatic carbocycles. The first-order valence-electron chi connectivity index (χ1n) is 8.29. The van der Waals surface area contributed by atoms with E-state index in [9.17, 15) is 14.4 Å². The summed E-state index contributed by atoms with van der Waals surface area (Å²) in [4.78, 5) is 42.3. The number of anilines is 1. The Hall–Kier alpha value is -2.68. The molecule has 2 aromatic rings. The van der Waals surface area contributed by atoms with Crippen LogP contribution in [0.3, 0.4) is 0 Å². The number of fused-ring (bicyclic) bond motifs is 1. The van der Waals surface area contributed by atoms with Crippen molar-refractivity contribution in [2.75, 3.05) is 19.0 Å². The zero-order chi connectivity index (χ0) is 18.5. The second kappa shape index (κ2) is 5.94. The smallest absolute Gasteiger partial charge is 0.325 e. The van der Waals surface area contributed by atoms with E-state index in [0.29, 0.717) is 16.4 Å². The van der Waals surface area contributed by atoms with Gasteiger partial charge in [0.25, 0.3) is 5.91 Å². The Bertz CT molecular complexity index is 923. The summed E-state index contributed by atoms with van der Waals surface area (Å²) in [7, 11) is 1.57. The minimum Gasteiger partial charge on any atom is -0.497 e. The summed E-state index contributed by atoms with van der Waals surface area (Å²) < 4.78 is 6.06. The third-order valence-electron chi connectivity index (χ3n) is 4.84. The molecule has 0 spiro atoms. The summed E-state index contributed by atoms with van der Waals surface area (Å²) in [5, 5.41) is 5.80. The summed E-state index contributed by atoms with van der Waals surface area (Å²) in [5.41, 5.74) is -0.176. The lowest BCUT2D eigenvalue weighted by atomic mass is 9.96. The average Bonchev–Trinajstić information content (AvgIpc) is 3.35. The van der Waals surface area contributed by atoms with Crippen molar-refractivity contribution in [3.05, 3.63) is 18.2 Å². The maximum absolute atomic E-state index is 12.6. The van der Waals surface area contributed by atoms with Crippen LogP contribution in [0.4, 0.5) is 9.93 Å². The second-order valence-corrected chi connectivity index (χ2v) is 7.73. The Labute approximate surface area is 153 Å². The van der Waals surface area contributed by atoms with Crippen molar-refractivity contribution < 1.29 is 19.1 Å². The topological polar surface area (TPSA) is 101 Å². The molecule has 1 aliphatic heterocycles. The number of nitrogens with one attached hydrogen (secondary N) is 2. The number of benzene rings is 1. The molecule has 1 aromatic carbocycles. The van der Waals surface area contributed by atoms with Gasteiger partial charge in [-0.3, -0.25) is 14.5 Å². The van der Waals surface area contributed by atoms with E-state index < -0.39 is 17.5 Å². The molecule has 8 nitrogen and oxygen atoms in total. The Kier molecular flexibility index (Phi) is 3.83. The van der Waals surface area contributed by atoms with Crippen LogP contribution in [0.15, 0.2) is 18.2 Å². The van der Waals surface area contributed by atoms with Crippen molar-refractivity contribution in [3.63, 3.8) is 0 Å². The van der Waals surface area contributed by atoms with E-state index in [1.807, 2.05) is 12.1 Å². The highest BCUT2D eigenvalue weighted by atomic mass is 32.1. The molecule has 1 saturated heterocycles. The van der Waals surface area contributed by atoms with Crippen molar-refractivity contribution in [1.29, 1.82) is 0 Å². The molecule has 2 fully saturated rings. The third-order valence-corrected chi connectivity index (χ3v) is 5.79. The first kappa shape index (κ1) is 16.8. The highest BCUT2D eigenvalue weighted by Gasteiger charge is 2.56. The van der Waals surface area contributed by atoms with Crippen LogP contribution in [-0.2, 0) is 9.59 Å². The summed E-state index contributed by atoms with van der Waals surface area (Å²) in [6.07, 6.45) is 1.83. The Morgan fingerprint density at radius 3 is 2.92 bits per heavy atom. The molecule has 0 radical (unpaired) electrons. The van der Waals surface area contributed by atoms with Gasteiger partial charge in [0, 0.05) is 6.07 Å². The van der Waals surface area contributed by atoms with E-state index >= 15 is 0 Å². The molecule has 26 heavy (non-hydrogen) atoms. The summed E-state index contributed by atoms with van der Waals surface area (Å²) >= 11 is 1.32. The number of imide groups is 1. The fourth-order valence-corrected chi connectivity index (χ4v) is 4.05. The maximum atomic E-state index is 12.6. The SMILES string of the molecule is COc1ccc2sc(NC(=O)CN3C(=O)N[C@@](C)(C4CC4)C3=O)nc2c1. The number of carbonyl (C=O) groups excluding carboxylic acids is 3. The monoisotopic (exact) mass is 374 g/mol. The van der Waals surface area contributed by atoms with Crippen molar-refractivity contribution >= 4 is 44.5 Å². The zero-order valence-corrected chi connectivity index (χ0v) is 15.2. The number of aromatic nitrogens is 1. The van der Waals surface area contributed by atoms with Crippen LogP contribution in [-0.4, -0.2) is 46.9 Å². The quantitative estimate of drug-likeness (QED) is 0.779. The molecule has 1 saturated carbocycles. The van der Waals surface area contributed by atoms with E-state index in [1.54, 1.807) is 20.1 Å². The van der Waals surface area contributed by atoms with Crippen LogP contribution in [0, 0.1) is 5.92 Å². The van der Waals surface area contributed by atoms with Gasteiger partial charge in [0.2, 0.25) is 5.91 Å². The predicted molar refractivity (Wildman–Crippen MR) is 96.2 cm³/mol. The van der Waals surface area contributed by atoms with Gasteiger partial charge in [0.1, 0.15) is 17.8 Å². The molecule has 1 aromatic heterocycles. The fourth-order valence-electron chi connectivity index (χ4n) is 3.19. The van der Waals surface area contributed by atoms with Crippen LogP contribution < -0.4 is 15.4 Å². The molecule has 1 atom stereocenters. The lowest BCUT2D eigenvalue weighted by molar-refractivity contribution is -0.134. The minimum absolute atomic E-state index is 0.159. The number of rotatable bonds is 5. The van der Waals surface area contributed by atoms with Crippen LogP contribution >= 0.6 is 11.3 Å². The summed E-state index contributed by atoms with van der Waals surface area (Å²) in [6.45, 7) is 1.40. The first-order chi connectivity index (χ1) is 12.4. The van der Waals surface area contributed by atoms with Crippen LogP contribution in [0.1, 0.15) is 19.8 Å². The van der Waals surface area contributed by atoms with Gasteiger partial charge in [-0.2, -0.15) is 0 Å². The zero-order valence-electron chi connectivity index (χ0n) is 14.4. The lowest BCUT2D eigenvalue weighted by Gasteiger charge is -2.20. The van der Waals surface area contributed by atoms with Gasteiger partial charge in [-0.1, -0.05) is 11.3 Å². The molecule has 136 valence electrons. The number of nitrogens with zero attached hydrogens (tertiary/aromatic N) is 2. The van der Waals surface area contributed by atoms with Crippen LogP contribution in [0.2, 0.25) is 0 Å². The highest BCUT2D eigenvalue weighted by Crippen LogP contribution is 2.42. The number of amides is 4. The standard InChI is InChI=1S/C17H18N4O4S/c1-17(9-3-4-9)14(23)21(16(24)20-17)8-13(22)19-15-18-11-7-10(25-2)5-6-12(11)26-15/h5-7,9H,3-4,8H2,1-2H3,(H,20,24)(H,18,19,22)/t17-/m0/s1. The van der Waals surface area contributed by atoms with Gasteiger partial charge >= 0.3 is 6.03 Å². The van der Waals surface area contributed by atoms with Crippen molar-refractivity contribution in [2.45, 2.75) is 25.3 Å². The maximum Gasteiger partial charge on any atom is 0.325 e. The van der Waals surface area contributed by atoms with Crippen molar-refractivity contribution in [1.82, 2.24) is 15.2 Å². The van der Waals surface area contributed by atoms with Crippen molar-refractivity contribution in [2.24, 2.45) is 5.92 Å². The number of carbonyl (C=O) groups is 3. The van der Waals surface area contributed by atoms with Gasteiger partial charge in [-0.15, -0.1) is 0 Å². The highest BCUT2D eigenvalue weighted by molar-refractivity contribution is 7.22. The number of hydrogen-bond donors (Lipinski definition) is 2. The molecule has 2 heterocycles. The average molecular weight is 374 g/mol. The number of urea groups is 1. The summed E-state index contributed by atoms with van der Waals surface area (Å²) in [6, 6.07) is 4.94. The van der Waals surface area contributed by atoms with E-state index in [0.717, 1.165) is 22.4 Å². The van der Waals surface area contributed by atoms with Gasteiger partial charge in [-0.05, 0) is 37.8 Å². The molecular formula is C17H18N4O4S. The Morgan fingerprint density at radius 1 is 1.46 bits per heavy atom. The van der Waals surface area contributed by atoms with E-state index in [-0.39, 0.29) is 18.4 Å². The Balaban J connectivity index is 1.45. The van der Waals surface area contributed by atoms with Gasteiger partial charge in [-0.25, -0.2) is 9.78 Å². The predicted octanol–water partition coefficient (Wildman–Crippen LogP) is 1.96. The number of ether oxygens (including phenoxy) is 1. The van der Waals surface area contributed by atoms with Crippen LogP contribution in [0.5, 0.6) is 5.75 Å². The molecule has 0 bridgehead atoms. The molecular weight excluding hydrogens is 356 g/mol. The molecule has 2 N–H and O–H groups in total. The number of hydrogen-bond acceptors (Lipinski definition) is 6. The lowest BCUT2D eigenvalue weighted by Crippen LogP contribution is -2.46. The Morgan fingerprint density at radius 2 is 2.23 bits per heavy atom. The normalized spacial score (nSPS) is 22.6. The second-order valence-electron chi connectivity index (χ2n) is 6.70. The van der Waals surface area contributed by atoms with Gasteiger partial charge in [0.15, 0.2) is 5.13 Å². The molecule has 9 heteroatoms. The van der Waals surface area contributed by atoms with E-state index in [1.165, 1.54) is 11.3 Å². The van der Waals surface area contributed by atoms with E-state index in [4.69, 9.17) is 4.74 Å². The largest absolute Gasteiger partial charge is 0.497 e. The summed E-state index contributed by atoms with van der Waals surface area (Å²) in [5.74, 6) is 0.0411. The fraction of sp³-hybridized carbons (Fsp3) is 0.412. The molecule has 4 rings (SSSR count). The number of methoxy groups -OCH3 is 1. The van der Waals surface area contributed by atoms with E-state index in [2.05, 4.69) is 15.6 Å². The molecule has 4 amide bonds. The van der Waals surface area contributed by atoms with Crippen molar-refractivity contribution in [3.8, 4) is 5.75 Å². The van der Waals surface area contributed by atoms with Crippen LogP contribution in [0.25, 0.3) is 10.2 Å². The molecule has 0 unspecified atom stereocenters. The molecule has 2 aliphatic rings. The number of thiazole rings is 1. The minimum atomic E-state index is -0.885. The third kappa shape index (κ3) is 2.78. The van der Waals surface area contributed by atoms with Gasteiger partial charge < -0.3 is 15.4 Å². The first-order valence-corrected chi connectivity index (χ1v) is 9.11. The van der Waals surface area contributed by atoms with Gasteiger partial charge in [0.05, 0.1) is 17.3 Å².